The average molecular weight is 571 g/mol. The molecule has 0 bridgehead atoms. The van der Waals surface area contributed by atoms with Crippen molar-refractivity contribution < 1.29 is 18.7 Å². The van der Waals surface area contributed by atoms with Crippen LogP contribution < -0.4 is 15.4 Å². The Morgan fingerprint density at radius 1 is 1.30 bits per heavy atom. The minimum Gasteiger partial charge on any atom is -0.444 e. The molecule has 1 amide bonds. The molecule has 8 nitrogen and oxygen atoms in total. The first kappa shape index (κ1) is 26.6. The van der Waals surface area contributed by atoms with Gasteiger partial charge in [-0.2, -0.15) is 0 Å². The number of benzene rings is 1. The van der Waals surface area contributed by atoms with Gasteiger partial charge in [0.25, 0.3) is 0 Å². The van der Waals surface area contributed by atoms with Crippen LogP contribution in [0.5, 0.6) is 11.6 Å². The number of rotatable bonds is 5. The van der Waals surface area contributed by atoms with Crippen LogP contribution in [-0.2, 0) is 11.3 Å². The minimum absolute atomic E-state index is 0. The first-order chi connectivity index (χ1) is 15.2. The molecule has 1 atom stereocenters. The Morgan fingerprint density at radius 2 is 2.09 bits per heavy atom. The number of halogens is 2. The summed E-state index contributed by atoms with van der Waals surface area (Å²) in [6.45, 7) is 7.31. The zero-order valence-corrected chi connectivity index (χ0v) is 21.6. The standard InChI is InChI=1S/C23H30FN5O3.HI/c1-23(2,3)32-22(30)28-18-10-12-29(15-18)21(25-4)27-14-16-7-6-11-26-20(16)31-19-9-5-8-17(24)13-19;/h5-9,11,13,18H,10,12,14-15H2,1-4H3,(H,25,27)(H,28,30);1H. The van der Waals surface area contributed by atoms with E-state index in [0.717, 1.165) is 18.5 Å². The molecule has 10 heteroatoms. The molecule has 2 N–H and O–H groups in total. The van der Waals surface area contributed by atoms with Gasteiger partial charge >= 0.3 is 6.09 Å². The molecule has 1 aliphatic rings. The van der Waals surface area contributed by atoms with E-state index in [1.54, 1.807) is 25.4 Å². The first-order valence-corrected chi connectivity index (χ1v) is 10.6. The lowest BCUT2D eigenvalue weighted by molar-refractivity contribution is 0.0507. The van der Waals surface area contributed by atoms with E-state index in [-0.39, 0.29) is 35.8 Å². The van der Waals surface area contributed by atoms with Crippen molar-refractivity contribution in [1.29, 1.82) is 0 Å². The largest absolute Gasteiger partial charge is 0.444 e. The highest BCUT2D eigenvalue weighted by molar-refractivity contribution is 14.0. The Morgan fingerprint density at radius 3 is 2.79 bits per heavy atom. The highest BCUT2D eigenvalue weighted by atomic mass is 127. The smallest absolute Gasteiger partial charge is 0.407 e. The van der Waals surface area contributed by atoms with Crippen molar-refractivity contribution in [3.63, 3.8) is 0 Å². The maximum absolute atomic E-state index is 13.5. The lowest BCUT2D eigenvalue weighted by Crippen LogP contribution is -2.44. The van der Waals surface area contributed by atoms with Crippen molar-refractivity contribution in [3.8, 4) is 11.6 Å². The summed E-state index contributed by atoms with van der Waals surface area (Å²) in [4.78, 5) is 22.8. The summed E-state index contributed by atoms with van der Waals surface area (Å²) in [5, 5.41) is 6.23. The minimum atomic E-state index is -0.533. The molecule has 2 aromatic rings. The van der Waals surface area contributed by atoms with Gasteiger partial charge in [0, 0.05) is 44.5 Å². The third-order valence-corrected chi connectivity index (χ3v) is 4.72. The van der Waals surface area contributed by atoms with Crippen LogP contribution in [-0.4, -0.2) is 53.7 Å². The number of likely N-dealkylation sites (tertiary alicyclic amines) is 1. The fourth-order valence-electron chi connectivity index (χ4n) is 3.34. The lowest BCUT2D eigenvalue weighted by atomic mass is 10.2. The Bertz CT molecular complexity index is 967. The van der Waals surface area contributed by atoms with E-state index < -0.39 is 11.7 Å². The molecule has 0 spiro atoms. The van der Waals surface area contributed by atoms with Crippen LogP contribution >= 0.6 is 24.0 Å². The van der Waals surface area contributed by atoms with E-state index in [0.29, 0.717) is 30.7 Å². The Kier molecular flexibility index (Phi) is 9.69. The number of hydrogen-bond donors (Lipinski definition) is 2. The number of alkyl carbamates (subject to hydrolysis) is 1. The molecule has 33 heavy (non-hydrogen) atoms. The molecule has 0 radical (unpaired) electrons. The number of aromatic nitrogens is 1. The number of guanidine groups is 1. The summed E-state index contributed by atoms with van der Waals surface area (Å²) >= 11 is 0. The van der Waals surface area contributed by atoms with Gasteiger partial charge in [-0.15, -0.1) is 24.0 Å². The van der Waals surface area contributed by atoms with E-state index in [1.807, 2.05) is 32.9 Å². The summed E-state index contributed by atoms with van der Waals surface area (Å²) < 4.78 is 24.6. The summed E-state index contributed by atoms with van der Waals surface area (Å²) in [6, 6.07) is 9.62. The van der Waals surface area contributed by atoms with Gasteiger partial charge in [0.15, 0.2) is 5.96 Å². The molecule has 1 unspecified atom stereocenters. The number of hydrogen-bond acceptors (Lipinski definition) is 5. The highest BCUT2D eigenvalue weighted by Gasteiger charge is 2.28. The van der Waals surface area contributed by atoms with Crippen LogP contribution in [0.4, 0.5) is 9.18 Å². The maximum atomic E-state index is 13.5. The van der Waals surface area contributed by atoms with E-state index in [1.165, 1.54) is 12.1 Å². The molecule has 1 fully saturated rings. The molecule has 2 heterocycles. The van der Waals surface area contributed by atoms with Crippen molar-refractivity contribution in [2.45, 2.75) is 45.4 Å². The molecule has 1 aromatic heterocycles. The zero-order valence-electron chi connectivity index (χ0n) is 19.3. The Hall–Kier alpha value is -2.63. The SMILES string of the molecule is CN=C(NCc1cccnc1Oc1cccc(F)c1)N1CCC(NC(=O)OC(C)(C)C)C1.I. The number of nitrogens with one attached hydrogen (secondary N) is 2. The Labute approximate surface area is 211 Å². The molecule has 1 aromatic carbocycles. The van der Waals surface area contributed by atoms with Crippen molar-refractivity contribution in [2.24, 2.45) is 4.99 Å². The van der Waals surface area contributed by atoms with Gasteiger partial charge in [-0.1, -0.05) is 12.1 Å². The van der Waals surface area contributed by atoms with Crippen LogP contribution in [0, 0.1) is 5.82 Å². The molecule has 1 saturated heterocycles. The summed E-state index contributed by atoms with van der Waals surface area (Å²) in [7, 11) is 1.71. The van der Waals surface area contributed by atoms with Gasteiger partial charge in [-0.05, 0) is 45.4 Å². The number of pyridine rings is 1. The number of aliphatic imine (C=N–C) groups is 1. The van der Waals surface area contributed by atoms with Crippen LogP contribution in [0.1, 0.15) is 32.8 Å². The van der Waals surface area contributed by atoms with Gasteiger partial charge in [0.2, 0.25) is 5.88 Å². The van der Waals surface area contributed by atoms with Crippen LogP contribution in [0.15, 0.2) is 47.6 Å². The third kappa shape index (κ3) is 8.34. The van der Waals surface area contributed by atoms with Gasteiger partial charge in [0.05, 0.1) is 6.04 Å². The van der Waals surface area contributed by atoms with Gasteiger partial charge in [-0.3, -0.25) is 4.99 Å². The predicted molar refractivity (Wildman–Crippen MR) is 136 cm³/mol. The fraction of sp³-hybridized carbons (Fsp3) is 0.435. The monoisotopic (exact) mass is 571 g/mol. The third-order valence-electron chi connectivity index (χ3n) is 4.72. The maximum Gasteiger partial charge on any atom is 0.407 e. The molecule has 3 rings (SSSR count). The topological polar surface area (TPSA) is 88.1 Å². The van der Waals surface area contributed by atoms with Crippen molar-refractivity contribution in [3.05, 3.63) is 54.0 Å². The number of carbonyl (C=O) groups is 1. The summed E-state index contributed by atoms with van der Waals surface area (Å²) in [6.07, 6.45) is 2.00. The van der Waals surface area contributed by atoms with Gasteiger partial charge in [0.1, 0.15) is 17.2 Å². The molecule has 0 saturated carbocycles. The second kappa shape index (κ2) is 12.0. The first-order valence-electron chi connectivity index (χ1n) is 10.6. The van der Waals surface area contributed by atoms with E-state index in [4.69, 9.17) is 9.47 Å². The normalized spacial score (nSPS) is 16.1. The van der Waals surface area contributed by atoms with E-state index in [2.05, 4.69) is 25.5 Å². The Balaban J connectivity index is 0.00000385. The number of ether oxygens (including phenoxy) is 2. The van der Waals surface area contributed by atoms with Gasteiger partial charge in [-0.25, -0.2) is 14.2 Å². The van der Waals surface area contributed by atoms with Crippen LogP contribution in [0.3, 0.4) is 0 Å². The molecular formula is C23H31FIN5O3. The number of nitrogens with zero attached hydrogens (tertiary/aromatic N) is 3. The van der Waals surface area contributed by atoms with Crippen molar-refractivity contribution in [2.75, 3.05) is 20.1 Å². The zero-order chi connectivity index (χ0) is 23.1. The molecular weight excluding hydrogens is 540 g/mol. The quantitative estimate of drug-likeness (QED) is 0.316. The number of amides is 1. The van der Waals surface area contributed by atoms with Crippen LogP contribution in [0.2, 0.25) is 0 Å². The van der Waals surface area contributed by atoms with E-state index in [9.17, 15) is 9.18 Å². The summed E-state index contributed by atoms with van der Waals surface area (Å²) in [5.74, 6) is 1.11. The molecule has 1 aliphatic heterocycles. The fourth-order valence-corrected chi connectivity index (χ4v) is 3.34. The van der Waals surface area contributed by atoms with Crippen molar-refractivity contribution >= 4 is 36.0 Å². The van der Waals surface area contributed by atoms with Gasteiger partial charge < -0.3 is 25.0 Å². The van der Waals surface area contributed by atoms with E-state index >= 15 is 0 Å². The average Bonchev–Trinajstić information content (AvgIpc) is 3.16. The number of carbonyl (C=O) groups excluding carboxylic acids is 1. The summed E-state index contributed by atoms with van der Waals surface area (Å²) in [5.41, 5.74) is 0.273. The predicted octanol–water partition coefficient (Wildman–Crippen LogP) is 4.31. The highest BCUT2D eigenvalue weighted by Crippen LogP contribution is 2.23. The lowest BCUT2D eigenvalue weighted by Gasteiger charge is -2.23. The second-order valence-electron chi connectivity index (χ2n) is 8.51. The van der Waals surface area contributed by atoms with Crippen molar-refractivity contribution in [1.82, 2.24) is 20.5 Å². The second-order valence-corrected chi connectivity index (χ2v) is 8.51. The molecule has 0 aliphatic carbocycles. The van der Waals surface area contributed by atoms with Crippen LogP contribution in [0.25, 0.3) is 0 Å². The molecule has 180 valence electrons.